The van der Waals surface area contributed by atoms with Crippen molar-refractivity contribution in [3.8, 4) is 17.1 Å². The van der Waals surface area contributed by atoms with Crippen molar-refractivity contribution in [1.29, 1.82) is 0 Å². The number of nitro benzene ring substituents is 1. The molecule has 0 aliphatic carbocycles. The van der Waals surface area contributed by atoms with Gasteiger partial charge in [0.1, 0.15) is 17.3 Å². The third-order valence-electron chi connectivity index (χ3n) is 6.27. The van der Waals surface area contributed by atoms with Crippen molar-refractivity contribution >= 4 is 40.7 Å². The maximum Gasteiger partial charge on any atom is 0.338 e. The van der Waals surface area contributed by atoms with Crippen molar-refractivity contribution in [1.82, 2.24) is 4.57 Å². The fourth-order valence-corrected chi connectivity index (χ4v) is 5.61. The zero-order chi connectivity index (χ0) is 28.6. The van der Waals surface area contributed by atoms with Crippen LogP contribution < -0.4 is 19.6 Å². The van der Waals surface area contributed by atoms with Gasteiger partial charge < -0.3 is 13.9 Å². The number of hydrogen-bond acceptors (Lipinski definition) is 9. The lowest BCUT2D eigenvalue weighted by molar-refractivity contribution is -0.384. The maximum atomic E-state index is 13.7. The van der Waals surface area contributed by atoms with E-state index in [9.17, 15) is 19.7 Å². The van der Waals surface area contributed by atoms with Gasteiger partial charge in [-0.25, -0.2) is 9.79 Å². The first kappa shape index (κ1) is 27.1. The third kappa shape index (κ3) is 4.96. The summed E-state index contributed by atoms with van der Waals surface area (Å²) in [4.78, 5) is 42.8. The Balaban J connectivity index is 1.62. The van der Waals surface area contributed by atoms with Crippen LogP contribution in [0.1, 0.15) is 31.2 Å². The number of allylic oxidation sites excluding steroid dienone is 1. The standard InChI is InChI=1S/C28H22ClN3O7S/c1-4-38-27(34)24-15(2)30-28-31(25(24)16-5-7-17(29)8-6-16)26(33)23(40-28)14-19-10-12-22(39-19)20-11-9-18(37-3)13-21(20)32(35)36/h5-14,25H,4H2,1-3H3/b23-14-/t25-/m0/s1. The van der Waals surface area contributed by atoms with Gasteiger partial charge >= 0.3 is 5.97 Å². The lowest BCUT2D eigenvalue weighted by Gasteiger charge is -2.24. The van der Waals surface area contributed by atoms with Gasteiger partial charge in [0, 0.05) is 11.1 Å². The van der Waals surface area contributed by atoms with Gasteiger partial charge in [0.25, 0.3) is 11.2 Å². The van der Waals surface area contributed by atoms with E-state index in [1.165, 1.54) is 17.7 Å². The molecular weight excluding hydrogens is 558 g/mol. The maximum absolute atomic E-state index is 13.7. The highest BCUT2D eigenvalue weighted by Gasteiger charge is 2.33. The molecular formula is C28H22ClN3O7S. The van der Waals surface area contributed by atoms with Crippen molar-refractivity contribution < 1.29 is 23.6 Å². The quantitative estimate of drug-likeness (QED) is 0.177. The molecule has 204 valence electrons. The molecule has 3 heterocycles. The predicted octanol–water partition coefficient (Wildman–Crippen LogP) is 4.63. The molecule has 0 radical (unpaired) electrons. The minimum atomic E-state index is -0.774. The number of nitro groups is 1. The molecule has 1 aliphatic heterocycles. The van der Waals surface area contributed by atoms with Crippen molar-refractivity contribution in [2.75, 3.05) is 13.7 Å². The van der Waals surface area contributed by atoms with Crippen LogP contribution >= 0.6 is 22.9 Å². The first-order valence-electron chi connectivity index (χ1n) is 12.1. The normalized spacial score (nSPS) is 15.0. The van der Waals surface area contributed by atoms with E-state index in [1.807, 2.05) is 0 Å². The third-order valence-corrected chi connectivity index (χ3v) is 7.50. The van der Waals surface area contributed by atoms with E-state index in [-0.39, 0.29) is 34.8 Å². The number of halogens is 1. The van der Waals surface area contributed by atoms with Crippen LogP contribution in [0.3, 0.4) is 0 Å². The van der Waals surface area contributed by atoms with Gasteiger partial charge in [-0.15, -0.1) is 0 Å². The average Bonchev–Trinajstić information content (AvgIpc) is 3.52. The van der Waals surface area contributed by atoms with Crippen LogP contribution in [0.4, 0.5) is 5.69 Å². The number of thiazole rings is 1. The fraction of sp³-hybridized carbons (Fsp3) is 0.179. The van der Waals surface area contributed by atoms with Gasteiger partial charge in [0.15, 0.2) is 4.80 Å². The number of ether oxygens (including phenoxy) is 2. The molecule has 0 saturated heterocycles. The molecule has 12 heteroatoms. The lowest BCUT2D eigenvalue weighted by Crippen LogP contribution is -2.39. The monoisotopic (exact) mass is 579 g/mol. The molecule has 10 nitrogen and oxygen atoms in total. The Labute approximate surface area is 236 Å². The summed E-state index contributed by atoms with van der Waals surface area (Å²) in [6, 6.07) is 13.8. The molecule has 2 aromatic carbocycles. The van der Waals surface area contributed by atoms with E-state index in [0.717, 1.165) is 11.3 Å². The number of carbonyl (C=O) groups is 1. The first-order valence-corrected chi connectivity index (χ1v) is 13.3. The zero-order valence-electron chi connectivity index (χ0n) is 21.5. The number of esters is 1. The van der Waals surface area contributed by atoms with E-state index in [4.69, 9.17) is 25.5 Å². The second-order valence-corrected chi connectivity index (χ2v) is 10.1. The Hall–Kier alpha value is -4.48. The van der Waals surface area contributed by atoms with Crippen LogP contribution in [0.2, 0.25) is 5.02 Å². The van der Waals surface area contributed by atoms with Crippen molar-refractivity contribution in [3.63, 3.8) is 0 Å². The van der Waals surface area contributed by atoms with E-state index < -0.39 is 16.9 Å². The van der Waals surface area contributed by atoms with Gasteiger partial charge in [-0.05, 0) is 55.8 Å². The molecule has 40 heavy (non-hydrogen) atoms. The lowest BCUT2D eigenvalue weighted by atomic mass is 9.96. The number of methoxy groups -OCH3 is 1. The summed E-state index contributed by atoms with van der Waals surface area (Å²) in [5.41, 5.74) is 1.08. The minimum absolute atomic E-state index is 0.167. The molecule has 0 N–H and O–H groups in total. The molecule has 2 aromatic heterocycles. The molecule has 0 amide bonds. The number of aromatic nitrogens is 1. The number of nitrogens with zero attached hydrogens (tertiary/aromatic N) is 3. The molecule has 1 aliphatic rings. The van der Waals surface area contributed by atoms with E-state index in [0.29, 0.717) is 37.1 Å². The highest BCUT2D eigenvalue weighted by Crippen LogP contribution is 2.34. The number of furan rings is 1. The average molecular weight is 580 g/mol. The number of rotatable bonds is 7. The van der Waals surface area contributed by atoms with Gasteiger partial charge in [0.05, 0.1) is 52.1 Å². The highest BCUT2D eigenvalue weighted by atomic mass is 35.5. The van der Waals surface area contributed by atoms with Crippen LogP contribution in [-0.4, -0.2) is 29.2 Å². The van der Waals surface area contributed by atoms with E-state index in [1.54, 1.807) is 68.5 Å². The van der Waals surface area contributed by atoms with E-state index in [2.05, 4.69) is 4.99 Å². The number of hydrogen-bond donors (Lipinski definition) is 0. The Morgan fingerprint density at radius 1 is 1.23 bits per heavy atom. The topological polar surface area (TPSA) is 126 Å². The second kappa shape index (κ2) is 10.9. The Kier molecular flexibility index (Phi) is 7.42. The minimum Gasteiger partial charge on any atom is -0.497 e. The summed E-state index contributed by atoms with van der Waals surface area (Å²) in [6.07, 6.45) is 1.55. The molecule has 0 saturated carbocycles. The Bertz CT molecular complexity index is 1850. The molecule has 0 spiro atoms. The van der Waals surface area contributed by atoms with Crippen molar-refractivity contribution in [2.45, 2.75) is 19.9 Å². The van der Waals surface area contributed by atoms with Gasteiger partial charge in [0.2, 0.25) is 0 Å². The summed E-state index contributed by atoms with van der Waals surface area (Å²) in [6.45, 7) is 3.58. The van der Waals surface area contributed by atoms with E-state index >= 15 is 0 Å². The van der Waals surface area contributed by atoms with Crippen LogP contribution in [0.5, 0.6) is 5.75 Å². The number of benzene rings is 2. The molecule has 1 atom stereocenters. The summed E-state index contributed by atoms with van der Waals surface area (Å²) in [7, 11) is 1.42. The zero-order valence-corrected chi connectivity index (χ0v) is 23.1. The van der Waals surface area contributed by atoms with Crippen LogP contribution in [-0.2, 0) is 9.53 Å². The molecule has 0 fully saturated rings. The SMILES string of the molecule is CCOC(=O)C1=C(C)N=c2s/c(=C\c3ccc(-c4ccc(OC)cc4[N+](=O)[O-])o3)c(=O)n2[C@H]1c1ccc(Cl)cc1. The molecule has 0 bridgehead atoms. The summed E-state index contributed by atoms with van der Waals surface area (Å²) in [5.74, 6) is 0.355. The van der Waals surface area contributed by atoms with Crippen molar-refractivity contribution in [3.05, 3.63) is 112 Å². The predicted molar refractivity (Wildman–Crippen MR) is 149 cm³/mol. The van der Waals surface area contributed by atoms with Crippen LogP contribution in [0, 0.1) is 10.1 Å². The number of carbonyl (C=O) groups excluding carboxylic acids is 1. The summed E-state index contributed by atoms with van der Waals surface area (Å²) < 4.78 is 18.0. The van der Waals surface area contributed by atoms with Crippen LogP contribution in [0.15, 0.2) is 80.1 Å². The summed E-state index contributed by atoms with van der Waals surface area (Å²) in [5, 5.41) is 12.1. The largest absolute Gasteiger partial charge is 0.497 e. The molecule has 5 rings (SSSR count). The second-order valence-electron chi connectivity index (χ2n) is 8.70. The highest BCUT2D eigenvalue weighted by molar-refractivity contribution is 7.07. The van der Waals surface area contributed by atoms with Gasteiger partial charge in [-0.1, -0.05) is 35.1 Å². The van der Waals surface area contributed by atoms with Crippen LogP contribution in [0.25, 0.3) is 17.4 Å². The van der Waals surface area contributed by atoms with Crippen molar-refractivity contribution in [2.24, 2.45) is 4.99 Å². The smallest absolute Gasteiger partial charge is 0.338 e. The first-order chi connectivity index (χ1) is 19.2. The molecule has 0 unspecified atom stereocenters. The van der Waals surface area contributed by atoms with Gasteiger partial charge in [-0.3, -0.25) is 19.5 Å². The molecule has 4 aromatic rings. The van der Waals surface area contributed by atoms with Gasteiger partial charge in [-0.2, -0.15) is 0 Å². The number of fused-ring (bicyclic) bond motifs is 1. The fourth-order valence-electron chi connectivity index (χ4n) is 4.45. The summed E-state index contributed by atoms with van der Waals surface area (Å²) >= 11 is 7.23. The Morgan fingerprint density at radius 3 is 2.65 bits per heavy atom. The Morgan fingerprint density at radius 2 is 1.98 bits per heavy atom.